The summed E-state index contributed by atoms with van der Waals surface area (Å²) in [5, 5.41) is 3.59. The minimum atomic E-state index is -0.115. The van der Waals surface area contributed by atoms with Gasteiger partial charge in [-0.15, -0.1) is 0 Å². The second-order valence-electron chi connectivity index (χ2n) is 5.81. The topological polar surface area (TPSA) is 39.7 Å². The average molecular weight is 291 g/mol. The summed E-state index contributed by atoms with van der Waals surface area (Å²) in [6.07, 6.45) is 2.99. The van der Waals surface area contributed by atoms with Crippen molar-refractivity contribution in [1.82, 2.24) is 5.32 Å². The highest BCUT2D eigenvalue weighted by molar-refractivity contribution is 5.58. The Balaban J connectivity index is 2.07. The van der Waals surface area contributed by atoms with Gasteiger partial charge in [-0.05, 0) is 31.5 Å². The van der Waals surface area contributed by atoms with E-state index in [1.165, 1.54) is 5.56 Å². The van der Waals surface area contributed by atoms with E-state index in [2.05, 4.69) is 32.2 Å². The molecular weight excluding hydrogens is 266 g/mol. The van der Waals surface area contributed by atoms with Crippen molar-refractivity contribution in [2.24, 2.45) is 0 Å². The van der Waals surface area contributed by atoms with E-state index in [1.54, 1.807) is 0 Å². The third-order valence-corrected chi connectivity index (χ3v) is 4.70. The van der Waals surface area contributed by atoms with E-state index in [1.807, 2.05) is 6.07 Å². The maximum Gasteiger partial charge on any atom is 0.204 e. The fourth-order valence-electron chi connectivity index (χ4n) is 3.34. The van der Waals surface area contributed by atoms with Crippen LogP contribution in [0.1, 0.15) is 51.6 Å². The molecule has 0 radical (unpaired) electrons. The molecule has 0 spiro atoms. The van der Waals surface area contributed by atoms with Crippen LogP contribution in [0, 0.1) is 0 Å². The number of benzene rings is 1. The van der Waals surface area contributed by atoms with Crippen LogP contribution in [0.25, 0.3) is 0 Å². The van der Waals surface area contributed by atoms with Crippen LogP contribution in [-0.2, 0) is 0 Å². The number of ether oxygens (including phenoxy) is 3. The molecular formula is C17H25NO3. The lowest BCUT2D eigenvalue weighted by Crippen LogP contribution is -2.43. The Hall–Kier alpha value is -1.42. The van der Waals surface area contributed by atoms with Crippen LogP contribution in [0.3, 0.4) is 0 Å². The van der Waals surface area contributed by atoms with Crippen molar-refractivity contribution in [2.75, 3.05) is 19.8 Å². The van der Waals surface area contributed by atoms with E-state index < -0.39 is 0 Å². The van der Waals surface area contributed by atoms with Gasteiger partial charge < -0.3 is 19.5 Å². The zero-order valence-electron chi connectivity index (χ0n) is 13.2. The highest BCUT2D eigenvalue weighted by Gasteiger charge is 2.40. The normalized spacial score (nSPS) is 22.3. The molecule has 0 aromatic heterocycles. The molecule has 3 rings (SSSR count). The average Bonchev–Trinajstić information content (AvgIpc) is 2.54. The van der Waals surface area contributed by atoms with Gasteiger partial charge in [0, 0.05) is 18.0 Å². The monoisotopic (exact) mass is 291 g/mol. The fourth-order valence-corrected chi connectivity index (χ4v) is 3.34. The quantitative estimate of drug-likeness (QED) is 0.922. The SMILES string of the molecule is CCNC1CC(CC)(CC)Oc2c1ccc1c2OCCO1. The standard InChI is InChI=1S/C17H25NO3/c1-4-17(5-2)11-13(18-6-3)12-7-8-14-16(15(12)21-17)20-10-9-19-14/h7-8,13,18H,4-6,9-11H2,1-3H3. The Morgan fingerprint density at radius 1 is 1.10 bits per heavy atom. The molecule has 1 N–H and O–H groups in total. The summed E-state index contributed by atoms with van der Waals surface area (Å²) in [5.41, 5.74) is 1.08. The molecule has 116 valence electrons. The van der Waals surface area contributed by atoms with Crippen LogP contribution in [0.5, 0.6) is 17.2 Å². The van der Waals surface area contributed by atoms with Crippen LogP contribution in [0.2, 0.25) is 0 Å². The molecule has 2 heterocycles. The molecule has 4 nitrogen and oxygen atoms in total. The molecule has 1 aromatic rings. The predicted molar refractivity (Wildman–Crippen MR) is 82.4 cm³/mol. The number of hydrogen-bond donors (Lipinski definition) is 1. The van der Waals surface area contributed by atoms with Gasteiger partial charge in [0.05, 0.1) is 0 Å². The molecule has 0 fully saturated rings. The first-order chi connectivity index (χ1) is 10.2. The van der Waals surface area contributed by atoms with Gasteiger partial charge in [0.2, 0.25) is 5.75 Å². The predicted octanol–water partition coefficient (Wildman–Crippen LogP) is 3.45. The van der Waals surface area contributed by atoms with Gasteiger partial charge in [-0.1, -0.05) is 20.8 Å². The summed E-state index contributed by atoms with van der Waals surface area (Å²) in [7, 11) is 0. The summed E-state index contributed by atoms with van der Waals surface area (Å²) in [5.74, 6) is 2.47. The molecule has 0 saturated carbocycles. The maximum atomic E-state index is 6.45. The molecule has 0 aliphatic carbocycles. The van der Waals surface area contributed by atoms with Gasteiger partial charge in [-0.3, -0.25) is 0 Å². The zero-order valence-corrected chi connectivity index (χ0v) is 13.2. The van der Waals surface area contributed by atoms with Crippen molar-refractivity contribution in [1.29, 1.82) is 0 Å². The second-order valence-corrected chi connectivity index (χ2v) is 5.81. The molecule has 2 aliphatic rings. The summed E-state index contributed by atoms with van der Waals surface area (Å²) in [6.45, 7) is 8.68. The number of hydrogen-bond acceptors (Lipinski definition) is 4. The van der Waals surface area contributed by atoms with Gasteiger partial charge in [0.1, 0.15) is 18.8 Å². The van der Waals surface area contributed by atoms with Crippen LogP contribution >= 0.6 is 0 Å². The molecule has 1 unspecified atom stereocenters. The largest absolute Gasteiger partial charge is 0.486 e. The molecule has 2 aliphatic heterocycles. The molecule has 0 amide bonds. The highest BCUT2D eigenvalue weighted by Crippen LogP contribution is 2.51. The lowest BCUT2D eigenvalue weighted by atomic mass is 9.83. The lowest BCUT2D eigenvalue weighted by molar-refractivity contribution is 0.0170. The Bertz CT molecular complexity index is 511. The smallest absolute Gasteiger partial charge is 0.204 e. The van der Waals surface area contributed by atoms with E-state index in [4.69, 9.17) is 14.2 Å². The van der Waals surface area contributed by atoms with Crippen LogP contribution in [0.4, 0.5) is 0 Å². The molecule has 4 heteroatoms. The lowest BCUT2D eigenvalue weighted by Gasteiger charge is -2.42. The van der Waals surface area contributed by atoms with E-state index in [0.717, 1.165) is 43.1 Å². The molecule has 21 heavy (non-hydrogen) atoms. The van der Waals surface area contributed by atoms with E-state index in [-0.39, 0.29) is 5.60 Å². The van der Waals surface area contributed by atoms with Gasteiger partial charge >= 0.3 is 0 Å². The van der Waals surface area contributed by atoms with Crippen molar-refractivity contribution in [2.45, 2.75) is 51.7 Å². The molecule has 0 saturated heterocycles. The van der Waals surface area contributed by atoms with Crippen molar-refractivity contribution in [3.63, 3.8) is 0 Å². The van der Waals surface area contributed by atoms with Crippen molar-refractivity contribution in [3.8, 4) is 17.2 Å². The first kappa shape index (κ1) is 14.5. The van der Waals surface area contributed by atoms with Gasteiger partial charge in [-0.25, -0.2) is 0 Å². The highest BCUT2D eigenvalue weighted by atomic mass is 16.6. The van der Waals surface area contributed by atoms with Crippen molar-refractivity contribution in [3.05, 3.63) is 17.7 Å². The summed E-state index contributed by atoms with van der Waals surface area (Å²) < 4.78 is 18.0. The fraction of sp³-hybridized carbons (Fsp3) is 0.647. The van der Waals surface area contributed by atoms with E-state index in [0.29, 0.717) is 19.3 Å². The summed E-state index contributed by atoms with van der Waals surface area (Å²) in [4.78, 5) is 0. The molecule has 1 aromatic carbocycles. The first-order valence-corrected chi connectivity index (χ1v) is 8.08. The van der Waals surface area contributed by atoms with E-state index >= 15 is 0 Å². The first-order valence-electron chi connectivity index (χ1n) is 8.08. The van der Waals surface area contributed by atoms with Crippen molar-refractivity contribution < 1.29 is 14.2 Å². The van der Waals surface area contributed by atoms with Gasteiger partial charge in [0.25, 0.3) is 0 Å². The minimum absolute atomic E-state index is 0.115. The molecule has 0 bridgehead atoms. The third kappa shape index (κ3) is 2.46. The van der Waals surface area contributed by atoms with Gasteiger partial charge in [0.15, 0.2) is 11.5 Å². The third-order valence-electron chi connectivity index (χ3n) is 4.70. The van der Waals surface area contributed by atoms with Crippen molar-refractivity contribution >= 4 is 0 Å². The Kier molecular flexibility index (Phi) is 3.98. The maximum absolute atomic E-state index is 6.45. The number of fused-ring (bicyclic) bond motifs is 3. The number of nitrogens with one attached hydrogen (secondary N) is 1. The Morgan fingerprint density at radius 3 is 2.57 bits per heavy atom. The zero-order chi connectivity index (χ0) is 14.9. The van der Waals surface area contributed by atoms with E-state index in [9.17, 15) is 0 Å². The summed E-state index contributed by atoms with van der Waals surface area (Å²) >= 11 is 0. The Labute approximate surface area is 126 Å². The van der Waals surface area contributed by atoms with Crippen LogP contribution in [0.15, 0.2) is 12.1 Å². The second kappa shape index (κ2) is 5.76. The van der Waals surface area contributed by atoms with Crippen LogP contribution < -0.4 is 19.5 Å². The van der Waals surface area contributed by atoms with Crippen LogP contribution in [-0.4, -0.2) is 25.4 Å². The number of rotatable bonds is 4. The summed E-state index contributed by atoms with van der Waals surface area (Å²) in [6, 6.07) is 4.44. The Morgan fingerprint density at radius 2 is 1.86 bits per heavy atom. The minimum Gasteiger partial charge on any atom is -0.486 e. The van der Waals surface area contributed by atoms with Gasteiger partial charge in [-0.2, -0.15) is 0 Å². The molecule has 1 atom stereocenters.